The molecule has 2 rings (SSSR count). The van der Waals surface area contributed by atoms with Crippen LogP contribution >= 0.6 is 0 Å². The van der Waals surface area contributed by atoms with Crippen molar-refractivity contribution in [2.45, 2.75) is 19.8 Å². The summed E-state index contributed by atoms with van der Waals surface area (Å²) >= 11 is 0. The van der Waals surface area contributed by atoms with Gasteiger partial charge >= 0.3 is 0 Å². The van der Waals surface area contributed by atoms with E-state index in [1.165, 1.54) is 18.4 Å². The lowest BCUT2D eigenvalue weighted by atomic mass is 10.1. The number of carbonyl (C=O) groups is 1. The van der Waals surface area contributed by atoms with Gasteiger partial charge in [0.2, 0.25) is 0 Å². The predicted molar refractivity (Wildman–Crippen MR) is 79.8 cm³/mol. The maximum Gasteiger partial charge on any atom is 0.261 e. The average Bonchev–Trinajstić information content (AvgIpc) is 2.97. The van der Waals surface area contributed by atoms with Crippen LogP contribution in [0, 0.1) is 5.82 Å². The van der Waals surface area contributed by atoms with Crippen molar-refractivity contribution in [2.24, 2.45) is 5.73 Å². The Balaban J connectivity index is 2.31. The molecule has 0 aliphatic rings. The van der Waals surface area contributed by atoms with Crippen molar-refractivity contribution in [3.05, 3.63) is 53.7 Å². The van der Waals surface area contributed by atoms with Crippen molar-refractivity contribution in [2.75, 3.05) is 18.0 Å². The number of amides is 1. The molecule has 0 spiro atoms. The Labute approximate surface area is 123 Å². The van der Waals surface area contributed by atoms with E-state index < -0.39 is 0 Å². The number of rotatable bonds is 6. The largest absolute Gasteiger partial charge is 0.469 e. The molecule has 1 aromatic carbocycles. The summed E-state index contributed by atoms with van der Waals surface area (Å²) in [5.41, 5.74) is 6.73. The summed E-state index contributed by atoms with van der Waals surface area (Å²) in [4.78, 5) is 14.3. The van der Waals surface area contributed by atoms with Crippen LogP contribution in [0.3, 0.4) is 0 Å². The summed E-state index contributed by atoms with van der Waals surface area (Å²) in [6.45, 7) is 2.89. The zero-order chi connectivity index (χ0) is 15.2. The highest BCUT2D eigenvalue weighted by molar-refractivity contribution is 6.06. The maximum atomic E-state index is 13.1. The number of nitrogens with zero attached hydrogens (tertiary/aromatic N) is 1. The van der Waals surface area contributed by atoms with Crippen LogP contribution < -0.4 is 10.6 Å². The second-order valence-corrected chi connectivity index (χ2v) is 4.69. The summed E-state index contributed by atoms with van der Waals surface area (Å²) in [6.07, 6.45) is 2.82. The number of carbonyl (C=O) groups excluding carboxylic acids is 1. The van der Waals surface area contributed by atoms with Gasteiger partial charge in [0.15, 0.2) is 0 Å². The van der Waals surface area contributed by atoms with E-state index in [9.17, 15) is 9.18 Å². The monoisotopic (exact) mass is 290 g/mol. The first-order valence-corrected chi connectivity index (χ1v) is 7.01. The molecule has 0 radical (unpaired) electrons. The van der Waals surface area contributed by atoms with Crippen molar-refractivity contribution < 1.29 is 13.6 Å². The van der Waals surface area contributed by atoms with Crippen molar-refractivity contribution in [1.82, 2.24) is 0 Å². The van der Waals surface area contributed by atoms with Crippen molar-refractivity contribution in [3.63, 3.8) is 0 Å². The van der Waals surface area contributed by atoms with Gasteiger partial charge < -0.3 is 15.1 Å². The third kappa shape index (κ3) is 3.49. The van der Waals surface area contributed by atoms with Crippen LogP contribution in [0.1, 0.15) is 29.5 Å². The lowest BCUT2D eigenvalue weighted by molar-refractivity contribution is 0.0985. The van der Waals surface area contributed by atoms with Crippen LogP contribution in [0.5, 0.6) is 0 Å². The van der Waals surface area contributed by atoms with Crippen LogP contribution in [0.15, 0.2) is 41.0 Å². The summed E-state index contributed by atoms with van der Waals surface area (Å²) in [6, 6.07) is 7.54. The van der Waals surface area contributed by atoms with E-state index in [1.54, 1.807) is 23.1 Å². The molecule has 5 heteroatoms. The topological polar surface area (TPSA) is 59.5 Å². The minimum absolute atomic E-state index is 0.152. The van der Waals surface area contributed by atoms with E-state index in [1.807, 2.05) is 6.92 Å². The summed E-state index contributed by atoms with van der Waals surface area (Å²) in [5, 5.41) is 0. The molecular weight excluding hydrogens is 271 g/mol. The molecule has 0 fully saturated rings. The first kappa shape index (κ1) is 15.3. The number of furan rings is 1. The van der Waals surface area contributed by atoms with Crippen molar-refractivity contribution in [3.8, 4) is 0 Å². The standard InChI is InChI=1S/C16H19FN2O2/c1-2-15-14(8-11-21-15)16(20)19(10-3-9-18)13-6-4-12(17)5-7-13/h4-8,11H,2-3,9-10,18H2,1H3. The normalized spacial score (nSPS) is 10.6. The van der Waals surface area contributed by atoms with Gasteiger partial charge in [-0.05, 0) is 43.3 Å². The Morgan fingerprint density at radius 2 is 2.00 bits per heavy atom. The van der Waals surface area contributed by atoms with Crippen molar-refractivity contribution in [1.29, 1.82) is 0 Å². The number of halogens is 1. The Kier molecular flexibility index (Phi) is 5.11. The van der Waals surface area contributed by atoms with E-state index >= 15 is 0 Å². The van der Waals surface area contributed by atoms with Crippen LogP contribution in [0.2, 0.25) is 0 Å². The van der Waals surface area contributed by atoms with Gasteiger partial charge in [-0.15, -0.1) is 0 Å². The summed E-state index contributed by atoms with van der Waals surface area (Å²) in [7, 11) is 0. The van der Waals surface area contributed by atoms with Crippen LogP contribution in [0.25, 0.3) is 0 Å². The molecule has 1 aromatic heterocycles. The fourth-order valence-corrected chi connectivity index (χ4v) is 2.17. The number of nitrogens with two attached hydrogens (primary N) is 1. The predicted octanol–water partition coefficient (Wildman–Crippen LogP) is 2.98. The molecule has 0 saturated heterocycles. The third-order valence-corrected chi connectivity index (χ3v) is 3.27. The fraction of sp³-hybridized carbons (Fsp3) is 0.312. The second kappa shape index (κ2) is 7.04. The molecule has 0 atom stereocenters. The van der Waals surface area contributed by atoms with Crippen LogP contribution in [-0.4, -0.2) is 19.0 Å². The smallest absolute Gasteiger partial charge is 0.261 e. The van der Waals surface area contributed by atoms with Crippen LogP contribution in [-0.2, 0) is 6.42 Å². The minimum atomic E-state index is -0.331. The first-order valence-electron chi connectivity index (χ1n) is 7.01. The molecule has 0 bridgehead atoms. The quantitative estimate of drug-likeness (QED) is 0.889. The molecule has 1 amide bonds. The molecule has 4 nitrogen and oxygen atoms in total. The zero-order valence-corrected chi connectivity index (χ0v) is 12.0. The first-order chi connectivity index (χ1) is 10.2. The Hall–Kier alpha value is -2.14. The highest BCUT2D eigenvalue weighted by Crippen LogP contribution is 2.21. The molecule has 0 unspecified atom stereocenters. The van der Waals surface area contributed by atoms with Gasteiger partial charge in [-0.1, -0.05) is 6.92 Å². The number of aryl methyl sites for hydroxylation is 1. The summed E-state index contributed by atoms with van der Waals surface area (Å²) in [5.74, 6) is 0.169. The van der Waals surface area contributed by atoms with Gasteiger partial charge in [0.1, 0.15) is 11.6 Å². The lowest BCUT2D eigenvalue weighted by Crippen LogP contribution is -2.33. The second-order valence-electron chi connectivity index (χ2n) is 4.69. The highest BCUT2D eigenvalue weighted by Gasteiger charge is 2.21. The van der Waals surface area contributed by atoms with E-state index in [2.05, 4.69) is 0 Å². The van der Waals surface area contributed by atoms with E-state index in [4.69, 9.17) is 10.2 Å². The molecule has 0 aliphatic carbocycles. The Bertz CT molecular complexity index is 593. The van der Waals surface area contributed by atoms with Gasteiger partial charge in [-0.2, -0.15) is 0 Å². The molecule has 0 aliphatic heterocycles. The van der Waals surface area contributed by atoms with Gasteiger partial charge in [0, 0.05) is 18.7 Å². The molecule has 2 aromatic rings. The maximum absolute atomic E-state index is 13.1. The fourth-order valence-electron chi connectivity index (χ4n) is 2.17. The number of benzene rings is 1. The lowest BCUT2D eigenvalue weighted by Gasteiger charge is -2.22. The van der Waals surface area contributed by atoms with E-state index in [0.717, 1.165) is 0 Å². The van der Waals surface area contributed by atoms with Gasteiger partial charge in [0.05, 0.1) is 11.8 Å². The Morgan fingerprint density at radius 3 is 2.62 bits per heavy atom. The van der Waals surface area contributed by atoms with E-state index in [-0.39, 0.29) is 11.7 Å². The Morgan fingerprint density at radius 1 is 1.29 bits per heavy atom. The average molecular weight is 290 g/mol. The molecule has 0 saturated carbocycles. The molecule has 2 N–H and O–H groups in total. The number of hydrogen-bond acceptors (Lipinski definition) is 3. The van der Waals surface area contributed by atoms with Crippen molar-refractivity contribution >= 4 is 11.6 Å². The summed E-state index contributed by atoms with van der Waals surface area (Å²) < 4.78 is 18.4. The molecule has 21 heavy (non-hydrogen) atoms. The third-order valence-electron chi connectivity index (χ3n) is 3.27. The van der Waals surface area contributed by atoms with Gasteiger partial charge in [0.25, 0.3) is 5.91 Å². The number of hydrogen-bond donors (Lipinski definition) is 1. The SMILES string of the molecule is CCc1occc1C(=O)N(CCCN)c1ccc(F)cc1. The highest BCUT2D eigenvalue weighted by atomic mass is 19.1. The van der Waals surface area contributed by atoms with Gasteiger partial charge in [-0.3, -0.25) is 4.79 Å². The molecule has 112 valence electrons. The zero-order valence-electron chi connectivity index (χ0n) is 12.0. The van der Waals surface area contributed by atoms with E-state index in [0.29, 0.717) is 42.9 Å². The van der Waals surface area contributed by atoms with Gasteiger partial charge in [-0.25, -0.2) is 4.39 Å². The number of anilines is 1. The van der Waals surface area contributed by atoms with Crippen LogP contribution in [0.4, 0.5) is 10.1 Å². The molecule has 1 heterocycles. The minimum Gasteiger partial charge on any atom is -0.469 e. The molecular formula is C16H19FN2O2.